The molecule has 106 valence electrons. The molecule has 0 heterocycles. The summed E-state index contributed by atoms with van der Waals surface area (Å²) in [6.45, 7) is 1.42. The van der Waals surface area contributed by atoms with Crippen molar-refractivity contribution in [3.8, 4) is 0 Å². The molecule has 20 heavy (non-hydrogen) atoms. The van der Waals surface area contributed by atoms with Crippen LogP contribution in [0.5, 0.6) is 0 Å². The Morgan fingerprint density at radius 1 is 1.15 bits per heavy atom. The van der Waals surface area contributed by atoms with Crippen molar-refractivity contribution in [2.75, 3.05) is 18.2 Å². The van der Waals surface area contributed by atoms with Crippen LogP contribution in [0.3, 0.4) is 0 Å². The number of anilines is 1. The average Bonchev–Trinajstić information content (AvgIpc) is 2.48. The van der Waals surface area contributed by atoms with Gasteiger partial charge in [0.05, 0.1) is 0 Å². The summed E-state index contributed by atoms with van der Waals surface area (Å²) in [5, 5.41) is 0. The van der Waals surface area contributed by atoms with E-state index in [-0.39, 0.29) is 0 Å². The van der Waals surface area contributed by atoms with Crippen LogP contribution in [0.15, 0.2) is 51.8 Å². The second-order valence-corrected chi connectivity index (χ2v) is 6.31. The van der Waals surface area contributed by atoms with E-state index in [1.165, 1.54) is 21.7 Å². The smallest absolute Gasteiger partial charge is 0.0437 e. The van der Waals surface area contributed by atoms with Gasteiger partial charge in [0.15, 0.2) is 0 Å². The van der Waals surface area contributed by atoms with Crippen molar-refractivity contribution in [1.29, 1.82) is 0 Å². The monoisotopic (exact) mass is 350 g/mol. The zero-order valence-electron chi connectivity index (χ0n) is 11.8. The fourth-order valence-electron chi connectivity index (χ4n) is 2.28. The van der Waals surface area contributed by atoms with Crippen molar-refractivity contribution >= 4 is 33.4 Å². The van der Waals surface area contributed by atoms with Crippen LogP contribution < -0.4 is 10.6 Å². The average molecular weight is 351 g/mol. The molecule has 0 aliphatic carbocycles. The summed E-state index contributed by atoms with van der Waals surface area (Å²) < 4.78 is 1.14. The number of hydrogen-bond donors (Lipinski definition) is 1. The Morgan fingerprint density at radius 3 is 2.55 bits per heavy atom. The molecule has 0 aliphatic heterocycles. The predicted octanol–water partition coefficient (Wildman–Crippen LogP) is 4.27. The Bertz CT molecular complexity index is 586. The molecule has 2 rings (SSSR count). The summed E-state index contributed by atoms with van der Waals surface area (Å²) in [7, 11) is 2.11. The van der Waals surface area contributed by atoms with E-state index in [4.69, 9.17) is 5.73 Å². The first-order valence-electron chi connectivity index (χ1n) is 6.48. The van der Waals surface area contributed by atoms with Crippen molar-refractivity contribution in [2.24, 2.45) is 5.73 Å². The third-order valence-corrected chi connectivity index (χ3v) is 4.90. The SMILES string of the molecule is CSc1cccc(N(C)Cc2ccccc2Br)c1CN. The molecular weight excluding hydrogens is 332 g/mol. The van der Waals surface area contributed by atoms with E-state index in [9.17, 15) is 0 Å². The van der Waals surface area contributed by atoms with Gasteiger partial charge in [0.25, 0.3) is 0 Å². The molecule has 2 N–H and O–H groups in total. The fraction of sp³-hybridized carbons (Fsp3) is 0.250. The summed E-state index contributed by atoms with van der Waals surface area (Å²) in [5.41, 5.74) is 9.63. The lowest BCUT2D eigenvalue weighted by Gasteiger charge is -2.24. The minimum atomic E-state index is 0.562. The lowest BCUT2D eigenvalue weighted by atomic mass is 10.1. The molecule has 2 nitrogen and oxygen atoms in total. The lowest BCUT2D eigenvalue weighted by Crippen LogP contribution is -2.19. The van der Waals surface area contributed by atoms with Gasteiger partial charge in [0.1, 0.15) is 0 Å². The van der Waals surface area contributed by atoms with E-state index >= 15 is 0 Å². The first-order chi connectivity index (χ1) is 9.67. The molecule has 0 unspecified atom stereocenters. The molecular formula is C16H19BrN2S. The minimum absolute atomic E-state index is 0.562. The van der Waals surface area contributed by atoms with Gasteiger partial charge in [-0.15, -0.1) is 11.8 Å². The molecule has 4 heteroatoms. The molecule has 0 fully saturated rings. The van der Waals surface area contributed by atoms with E-state index in [0.29, 0.717) is 6.54 Å². The molecule has 2 aromatic carbocycles. The number of nitrogens with zero attached hydrogens (tertiary/aromatic N) is 1. The topological polar surface area (TPSA) is 29.3 Å². The zero-order chi connectivity index (χ0) is 14.5. The Morgan fingerprint density at radius 2 is 1.90 bits per heavy atom. The second-order valence-electron chi connectivity index (χ2n) is 4.61. The maximum Gasteiger partial charge on any atom is 0.0437 e. The van der Waals surface area contributed by atoms with E-state index in [1.54, 1.807) is 11.8 Å². The third kappa shape index (κ3) is 3.37. The Hall–Kier alpha value is -0.970. The van der Waals surface area contributed by atoms with E-state index in [0.717, 1.165) is 11.0 Å². The number of nitrogens with two attached hydrogens (primary N) is 1. The normalized spacial score (nSPS) is 10.6. The van der Waals surface area contributed by atoms with E-state index in [2.05, 4.69) is 70.5 Å². The molecule has 0 amide bonds. The first kappa shape index (κ1) is 15.4. The summed E-state index contributed by atoms with van der Waals surface area (Å²) in [6, 6.07) is 14.7. The number of hydrogen-bond acceptors (Lipinski definition) is 3. The summed E-state index contributed by atoms with van der Waals surface area (Å²) >= 11 is 5.35. The largest absolute Gasteiger partial charge is 0.370 e. The van der Waals surface area contributed by atoms with Crippen LogP contribution in [0.25, 0.3) is 0 Å². The maximum atomic E-state index is 5.94. The van der Waals surface area contributed by atoms with Gasteiger partial charge in [0.2, 0.25) is 0 Å². The molecule has 0 saturated carbocycles. The lowest BCUT2D eigenvalue weighted by molar-refractivity contribution is 0.891. The number of benzene rings is 2. The Kier molecular flexibility index (Phi) is 5.52. The van der Waals surface area contributed by atoms with E-state index in [1.807, 2.05) is 6.07 Å². The Labute approximate surface area is 133 Å². The van der Waals surface area contributed by atoms with Crippen LogP contribution in [0.4, 0.5) is 5.69 Å². The maximum absolute atomic E-state index is 5.94. The van der Waals surface area contributed by atoms with Gasteiger partial charge < -0.3 is 10.6 Å². The summed E-state index contributed by atoms with van der Waals surface area (Å²) in [4.78, 5) is 3.51. The molecule has 0 bridgehead atoms. The minimum Gasteiger partial charge on any atom is -0.370 e. The van der Waals surface area contributed by atoms with Crippen LogP contribution in [0.1, 0.15) is 11.1 Å². The molecule has 0 aliphatic rings. The van der Waals surface area contributed by atoms with Crippen molar-refractivity contribution in [1.82, 2.24) is 0 Å². The van der Waals surface area contributed by atoms with Gasteiger partial charge >= 0.3 is 0 Å². The standard InChI is InChI=1S/C16H19BrN2S/c1-19(11-12-6-3-4-7-14(12)17)15-8-5-9-16(20-2)13(15)10-18/h3-9H,10-11,18H2,1-2H3. The summed E-state index contributed by atoms with van der Waals surface area (Å²) in [6.07, 6.45) is 2.09. The number of thioether (sulfide) groups is 1. The highest BCUT2D eigenvalue weighted by molar-refractivity contribution is 9.10. The molecule has 0 saturated heterocycles. The van der Waals surface area contributed by atoms with Crippen molar-refractivity contribution in [2.45, 2.75) is 18.0 Å². The van der Waals surface area contributed by atoms with Gasteiger partial charge in [-0.3, -0.25) is 0 Å². The molecule has 0 spiro atoms. The van der Waals surface area contributed by atoms with Gasteiger partial charge in [-0.1, -0.05) is 40.2 Å². The van der Waals surface area contributed by atoms with Crippen molar-refractivity contribution < 1.29 is 0 Å². The highest BCUT2D eigenvalue weighted by Gasteiger charge is 2.11. The molecule has 0 aromatic heterocycles. The van der Waals surface area contributed by atoms with Gasteiger partial charge in [-0.05, 0) is 30.0 Å². The highest BCUT2D eigenvalue weighted by atomic mass is 79.9. The predicted molar refractivity (Wildman–Crippen MR) is 92.4 cm³/mol. The fourth-order valence-corrected chi connectivity index (χ4v) is 3.33. The molecule has 2 aromatic rings. The van der Waals surface area contributed by atoms with Gasteiger partial charge in [0, 0.05) is 40.8 Å². The summed E-state index contributed by atoms with van der Waals surface area (Å²) in [5.74, 6) is 0. The third-order valence-electron chi connectivity index (χ3n) is 3.31. The van der Waals surface area contributed by atoms with Crippen LogP contribution in [0.2, 0.25) is 0 Å². The van der Waals surface area contributed by atoms with Crippen LogP contribution >= 0.6 is 27.7 Å². The number of rotatable bonds is 5. The first-order valence-corrected chi connectivity index (χ1v) is 8.49. The van der Waals surface area contributed by atoms with Crippen LogP contribution in [0, 0.1) is 0 Å². The number of halogens is 1. The van der Waals surface area contributed by atoms with Gasteiger partial charge in [-0.25, -0.2) is 0 Å². The second kappa shape index (κ2) is 7.16. The van der Waals surface area contributed by atoms with Crippen LogP contribution in [-0.2, 0) is 13.1 Å². The molecule has 0 radical (unpaired) electrons. The van der Waals surface area contributed by atoms with Crippen LogP contribution in [-0.4, -0.2) is 13.3 Å². The Balaban J connectivity index is 2.30. The highest BCUT2D eigenvalue weighted by Crippen LogP contribution is 2.30. The molecule has 0 atom stereocenters. The zero-order valence-corrected chi connectivity index (χ0v) is 14.2. The van der Waals surface area contributed by atoms with Crippen molar-refractivity contribution in [3.05, 3.63) is 58.1 Å². The van der Waals surface area contributed by atoms with E-state index < -0.39 is 0 Å². The van der Waals surface area contributed by atoms with Gasteiger partial charge in [-0.2, -0.15) is 0 Å². The van der Waals surface area contributed by atoms with Crippen molar-refractivity contribution in [3.63, 3.8) is 0 Å². The quantitative estimate of drug-likeness (QED) is 0.816.